The molecule has 7 nitrogen and oxygen atoms in total. The van der Waals surface area contributed by atoms with Gasteiger partial charge in [-0.2, -0.15) is 0 Å². The zero-order valence-electron chi connectivity index (χ0n) is 10.1. The van der Waals surface area contributed by atoms with Gasteiger partial charge < -0.3 is 35.7 Å². The molecule has 1 saturated heterocycles. The van der Waals surface area contributed by atoms with Crippen molar-refractivity contribution < 1.29 is 30.0 Å². The summed E-state index contributed by atoms with van der Waals surface area (Å²) in [5.74, 6) is -0.866. The molecule has 5 N–H and O–H groups in total. The van der Waals surface area contributed by atoms with E-state index in [0.29, 0.717) is 5.75 Å². The molecule has 18 heavy (non-hydrogen) atoms. The van der Waals surface area contributed by atoms with Crippen molar-refractivity contribution in [1.29, 1.82) is 0 Å². The van der Waals surface area contributed by atoms with Gasteiger partial charge in [0.15, 0.2) is 6.10 Å². The Hall–Kier alpha value is -0.380. The van der Waals surface area contributed by atoms with Gasteiger partial charge in [0.2, 0.25) is 5.44 Å². The van der Waals surface area contributed by atoms with Crippen molar-refractivity contribution in [2.75, 3.05) is 18.6 Å². The van der Waals surface area contributed by atoms with Gasteiger partial charge >= 0.3 is 0 Å². The molecular weight excluding hydrogens is 262 g/mol. The third-order valence-corrected chi connectivity index (χ3v) is 5.01. The normalized spacial score (nSPS) is 35.4. The average Bonchev–Trinajstić information content (AvgIpc) is 2.62. The number of nitrogens with two attached hydrogens (primary N) is 1. The SMILES string of the molecule is C[S+](CC[C@H](N)C(=O)[O-])C1O[C@H](CO)[C@@H](O)[C@H]1O. The van der Waals surface area contributed by atoms with Gasteiger partial charge in [0.1, 0.15) is 24.2 Å². The van der Waals surface area contributed by atoms with Crippen LogP contribution in [0.5, 0.6) is 0 Å². The van der Waals surface area contributed by atoms with E-state index in [1.165, 1.54) is 0 Å². The summed E-state index contributed by atoms with van der Waals surface area (Å²) in [4.78, 5) is 10.5. The maximum atomic E-state index is 10.5. The Morgan fingerprint density at radius 1 is 1.50 bits per heavy atom. The number of carboxylic acid groups (broad SMARTS) is 1. The molecule has 0 amide bonds. The van der Waals surface area contributed by atoms with Gasteiger partial charge in [-0.3, -0.25) is 0 Å². The van der Waals surface area contributed by atoms with E-state index in [1.807, 2.05) is 0 Å². The lowest BCUT2D eigenvalue weighted by Gasteiger charge is -2.16. The maximum Gasteiger partial charge on any atom is 0.247 e. The molecule has 1 aliphatic heterocycles. The number of ether oxygens (including phenoxy) is 1. The third kappa shape index (κ3) is 3.56. The molecule has 6 atom stereocenters. The first-order chi connectivity index (χ1) is 8.38. The number of aliphatic hydroxyl groups excluding tert-OH is 3. The largest absolute Gasteiger partial charge is 0.548 e. The Bertz CT molecular complexity index is 292. The molecule has 2 unspecified atom stereocenters. The molecular formula is C10H19NO6S. The van der Waals surface area contributed by atoms with E-state index in [0.717, 1.165) is 0 Å². The van der Waals surface area contributed by atoms with Gasteiger partial charge in [0.05, 0.1) is 12.6 Å². The number of carbonyl (C=O) groups is 1. The highest BCUT2D eigenvalue weighted by atomic mass is 32.2. The summed E-state index contributed by atoms with van der Waals surface area (Å²) in [6.45, 7) is -0.371. The lowest BCUT2D eigenvalue weighted by atomic mass is 10.2. The molecule has 0 spiro atoms. The van der Waals surface area contributed by atoms with Gasteiger partial charge in [-0.15, -0.1) is 0 Å². The van der Waals surface area contributed by atoms with E-state index in [2.05, 4.69) is 0 Å². The Morgan fingerprint density at radius 2 is 2.11 bits per heavy atom. The second kappa shape index (κ2) is 6.69. The number of hydrogen-bond donors (Lipinski definition) is 4. The van der Waals surface area contributed by atoms with Crippen LogP contribution in [0.1, 0.15) is 6.42 Å². The van der Waals surface area contributed by atoms with Gasteiger partial charge in [-0.25, -0.2) is 0 Å². The van der Waals surface area contributed by atoms with Gasteiger partial charge in [-0.05, 0) is 0 Å². The fraction of sp³-hybridized carbons (Fsp3) is 0.900. The average molecular weight is 281 g/mol. The van der Waals surface area contributed by atoms with Crippen molar-refractivity contribution in [3.8, 4) is 0 Å². The fourth-order valence-corrected chi connectivity index (χ4v) is 3.57. The molecule has 0 radical (unpaired) electrons. The third-order valence-electron chi connectivity index (χ3n) is 2.95. The second-order valence-corrected chi connectivity index (χ2v) is 6.57. The minimum absolute atomic E-state index is 0.217. The van der Waals surface area contributed by atoms with E-state index in [1.54, 1.807) is 6.26 Å². The number of rotatable bonds is 6. The molecule has 0 aromatic heterocycles. The molecule has 1 fully saturated rings. The molecule has 1 aliphatic rings. The zero-order valence-corrected chi connectivity index (χ0v) is 10.9. The fourth-order valence-electron chi connectivity index (χ4n) is 1.74. The summed E-state index contributed by atoms with van der Waals surface area (Å²) in [6, 6.07) is -1.04. The quantitative estimate of drug-likeness (QED) is 0.366. The van der Waals surface area contributed by atoms with Crippen molar-refractivity contribution >= 4 is 16.9 Å². The summed E-state index contributed by atoms with van der Waals surface area (Å²) < 4.78 is 5.35. The minimum atomic E-state index is -1.31. The number of carbonyl (C=O) groups excluding carboxylic acids is 1. The van der Waals surface area contributed by atoms with Gasteiger partial charge in [0, 0.05) is 23.4 Å². The van der Waals surface area contributed by atoms with Crippen molar-refractivity contribution in [3.63, 3.8) is 0 Å². The number of carboxylic acids is 1. The summed E-state index contributed by atoms with van der Waals surface area (Å²) in [5.41, 5.74) is 4.72. The van der Waals surface area contributed by atoms with E-state index >= 15 is 0 Å². The topological polar surface area (TPSA) is 136 Å². The molecule has 106 valence electrons. The molecule has 0 aromatic carbocycles. The lowest BCUT2D eigenvalue weighted by Crippen LogP contribution is -2.44. The van der Waals surface area contributed by atoms with Crippen LogP contribution in [0.4, 0.5) is 0 Å². The molecule has 1 rings (SSSR count). The monoisotopic (exact) mass is 281 g/mol. The van der Waals surface area contributed by atoms with Crippen LogP contribution >= 0.6 is 0 Å². The Kier molecular flexibility index (Phi) is 5.83. The van der Waals surface area contributed by atoms with Crippen LogP contribution in [0.15, 0.2) is 0 Å². The Labute approximate surface area is 108 Å². The highest BCUT2D eigenvalue weighted by molar-refractivity contribution is 7.96. The first-order valence-corrected chi connectivity index (χ1v) is 7.45. The van der Waals surface area contributed by atoms with Crippen LogP contribution in [-0.2, 0) is 20.4 Å². The van der Waals surface area contributed by atoms with Gasteiger partial charge in [0.25, 0.3) is 0 Å². The molecule has 1 heterocycles. The van der Waals surface area contributed by atoms with Crippen LogP contribution in [0.25, 0.3) is 0 Å². The van der Waals surface area contributed by atoms with Crippen LogP contribution in [-0.4, -0.2) is 69.7 Å². The van der Waals surface area contributed by atoms with Crippen LogP contribution in [0.2, 0.25) is 0 Å². The first-order valence-electron chi connectivity index (χ1n) is 5.58. The van der Waals surface area contributed by atoms with Gasteiger partial charge in [-0.1, -0.05) is 0 Å². The number of hydrogen-bond acceptors (Lipinski definition) is 7. The molecule has 0 aromatic rings. The summed E-state index contributed by atoms with van der Waals surface area (Å²) >= 11 is 0. The number of aliphatic hydroxyl groups is 3. The van der Waals surface area contributed by atoms with E-state index in [4.69, 9.17) is 15.6 Å². The Morgan fingerprint density at radius 3 is 2.56 bits per heavy atom. The zero-order chi connectivity index (χ0) is 13.9. The van der Waals surface area contributed by atoms with Crippen LogP contribution in [0.3, 0.4) is 0 Å². The summed E-state index contributed by atoms with van der Waals surface area (Å²) in [5, 5.41) is 38.8. The predicted octanol–water partition coefficient (Wildman–Crippen LogP) is -3.86. The van der Waals surface area contributed by atoms with Crippen molar-refractivity contribution in [2.45, 2.75) is 36.2 Å². The first kappa shape index (κ1) is 15.7. The van der Waals surface area contributed by atoms with E-state index in [-0.39, 0.29) is 13.0 Å². The summed E-state index contributed by atoms with van der Waals surface area (Å²) in [7, 11) is -0.470. The molecule has 0 bridgehead atoms. The second-order valence-electron chi connectivity index (χ2n) is 4.32. The van der Waals surface area contributed by atoms with E-state index in [9.17, 15) is 20.1 Å². The maximum absolute atomic E-state index is 10.5. The smallest absolute Gasteiger partial charge is 0.247 e. The predicted molar refractivity (Wildman–Crippen MR) is 63.5 cm³/mol. The highest BCUT2D eigenvalue weighted by Crippen LogP contribution is 2.26. The van der Waals surface area contributed by atoms with Crippen molar-refractivity contribution in [1.82, 2.24) is 0 Å². The van der Waals surface area contributed by atoms with E-state index < -0.39 is 46.7 Å². The Balaban J connectivity index is 2.47. The van der Waals surface area contributed by atoms with Crippen LogP contribution < -0.4 is 10.8 Å². The molecule has 8 heteroatoms. The van der Waals surface area contributed by atoms with Crippen LogP contribution in [0, 0.1) is 0 Å². The number of aliphatic carboxylic acids is 1. The standard InChI is InChI=1S/C10H19NO6S/c1-18(3-2-5(11)9(15)16)10-8(14)7(13)6(4-12)17-10/h5-8,10,12-14H,2-4,11H2,1H3/t5-,6+,7+,8+,10?,18?/m0/s1. The molecule has 0 aliphatic carbocycles. The lowest BCUT2D eigenvalue weighted by molar-refractivity contribution is -0.307. The molecule has 0 saturated carbocycles. The van der Waals surface area contributed by atoms with Crippen molar-refractivity contribution in [2.24, 2.45) is 5.73 Å². The van der Waals surface area contributed by atoms with Crippen molar-refractivity contribution in [3.05, 3.63) is 0 Å². The highest BCUT2D eigenvalue weighted by Gasteiger charge is 2.49. The minimum Gasteiger partial charge on any atom is -0.548 e. The summed E-state index contributed by atoms with van der Waals surface area (Å²) in [6.07, 6.45) is -0.981.